The van der Waals surface area contributed by atoms with Gasteiger partial charge in [-0.25, -0.2) is 14.2 Å². The van der Waals surface area contributed by atoms with Gasteiger partial charge in [0.15, 0.2) is 0 Å². The number of nitrogens with zero attached hydrogens (tertiary/aromatic N) is 2. The summed E-state index contributed by atoms with van der Waals surface area (Å²) < 4.78 is 13.0. The lowest BCUT2D eigenvalue weighted by Gasteiger charge is -2.32. The van der Waals surface area contributed by atoms with Gasteiger partial charge >= 0.3 is 5.97 Å². The van der Waals surface area contributed by atoms with Gasteiger partial charge in [0, 0.05) is 19.3 Å². The molecule has 25 heavy (non-hydrogen) atoms. The summed E-state index contributed by atoms with van der Waals surface area (Å²) in [7, 11) is 0. The molecule has 0 spiro atoms. The largest absolute Gasteiger partial charge is 0.477 e. The molecule has 5 nitrogen and oxygen atoms in total. The van der Waals surface area contributed by atoms with E-state index in [-0.39, 0.29) is 17.4 Å². The standard InChI is InChI=1S/C19H19FN2O3/c20-16-4-1-13(2-5-16)11-14-7-9-22(10-8-14)18(23)15-3-6-17(19(24)25)21-12-15/h1-6,12,14H,7-11H2,(H,24,25). The molecule has 130 valence electrons. The zero-order valence-corrected chi connectivity index (χ0v) is 13.7. The normalized spacial score (nSPS) is 15.2. The molecule has 1 saturated heterocycles. The Morgan fingerprint density at radius 2 is 1.80 bits per heavy atom. The van der Waals surface area contributed by atoms with Crippen molar-refractivity contribution >= 4 is 11.9 Å². The number of pyridine rings is 1. The van der Waals surface area contributed by atoms with Gasteiger partial charge < -0.3 is 10.0 Å². The Labute approximate surface area is 145 Å². The third-order valence-corrected chi connectivity index (χ3v) is 4.57. The van der Waals surface area contributed by atoms with Gasteiger partial charge in [-0.05, 0) is 55.0 Å². The van der Waals surface area contributed by atoms with Gasteiger partial charge in [0.05, 0.1) is 5.56 Å². The Kier molecular flexibility index (Phi) is 5.07. The summed E-state index contributed by atoms with van der Waals surface area (Å²) in [4.78, 5) is 28.9. The Morgan fingerprint density at radius 1 is 1.12 bits per heavy atom. The van der Waals surface area contributed by atoms with Crippen LogP contribution in [0, 0.1) is 11.7 Å². The van der Waals surface area contributed by atoms with Crippen molar-refractivity contribution in [2.45, 2.75) is 19.3 Å². The summed E-state index contributed by atoms with van der Waals surface area (Å²) >= 11 is 0. The smallest absolute Gasteiger partial charge is 0.354 e. The summed E-state index contributed by atoms with van der Waals surface area (Å²) in [5.74, 6) is -0.987. The topological polar surface area (TPSA) is 70.5 Å². The van der Waals surface area contributed by atoms with Crippen LogP contribution in [0.5, 0.6) is 0 Å². The molecule has 0 unspecified atom stereocenters. The Morgan fingerprint density at radius 3 is 2.36 bits per heavy atom. The highest BCUT2D eigenvalue weighted by atomic mass is 19.1. The van der Waals surface area contributed by atoms with E-state index in [0.717, 1.165) is 24.8 Å². The monoisotopic (exact) mass is 342 g/mol. The molecule has 1 aromatic heterocycles. The maximum atomic E-state index is 13.0. The van der Waals surface area contributed by atoms with E-state index < -0.39 is 5.97 Å². The number of aromatic carboxylic acids is 1. The lowest BCUT2D eigenvalue weighted by atomic mass is 9.90. The summed E-state index contributed by atoms with van der Waals surface area (Å²) in [5.41, 5.74) is 1.44. The van der Waals surface area contributed by atoms with Crippen LogP contribution in [0.1, 0.15) is 39.3 Å². The van der Waals surface area contributed by atoms with Crippen LogP contribution in [0.3, 0.4) is 0 Å². The van der Waals surface area contributed by atoms with Crippen molar-refractivity contribution in [3.63, 3.8) is 0 Å². The lowest BCUT2D eigenvalue weighted by molar-refractivity contribution is 0.0675. The Hall–Kier alpha value is -2.76. The lowest BCUT2D eigenvalue weighted by Crippen LogP contribution is -2.39. The first-order chi connectivity index (χ1) is 12.0. The summed E-state index contributed by atoms with van der Waals surface area (Å²) in [6.07, 6.45) is 3.99. The van der Waals surface area contributed by atoms with E-state index in [2.05, 4.69) is 4.98 Å². The van der Waals surface area contributed by atoms with Crippen molar-refractivity contribution in [2.24, 2.45) is 5.92 Å². The molecule has 0 atom stereocenters. The second kappa shape index (κ2) is 7.42. The number of hydrogen-bond acceptors (Lipinski definition) is 3. The van der Waals surface area contributed by atoms with Crippen LogP contribution in [0.25, 0.3) is 0 Å². The molecule has 2 heterocycles. The number of carboxylic acids is 1. The summed E-state index contributed by atoms with van der Waals surface area (Å²) in [5, 5.41) is 8.85. The molecular formula is C19H19FN2O3. The third kappa shape index (κ3) is 4.21. The van der Waals surface area contributed by atoms with Crippen LogP contribution in [0.15, 0.2) is 42.6 Å². The van der Waals surface area contributed by atoms with E-state index in [9.17, 15) is 14.0 Å². The molecule has 0 radical (unpaired) electrons. The van der Waals surface area contributed by atoms with Crippen LogP contribution >= 0.6 is 0 Å². The quantitative estimate of drug-likeness (QED) is 0.927. The molecule has 0 bridgehead atoms. The predicted molar refractivity (Wildman–Crippen MR) is 89.9 cm³/mol. The second-order valence-electron chi connectivity index (χ2n) is 6.30. The number of likely N-dealkylation sites (tertiary alicyclic amines) is 1. The third-order valence-electron chi connectivity index (χ3n) is 4.57. The van der Waals surface area contributed by atoms with Crippen molar-refractivity contribution in [2.75, 3.05) is 13.1 Å². The molecule has 1 aliphatic heterocycles. The van der Waals surface area contributed by atoms with E-state index in [1.807, 2.05) is 12.1 Å². The molecule has 3 rings (SSSR count). The highest BCUT2D eigenvalue weighted by Gasteiger charge is 2.24. The number of benzene rings is 1. The number of piperidine rings is 1. The van der Waals surface area contributed by atoms with Gasteiger partial charge in [0.2, 0.25) is 0 Å². The maximum Gasteiger partial charge on any atom is 0.354 e. The first kappa shape index (κ1) is 17.1. The van der Waals surface area contributed by atoms with Gasteiger partial charge in [-0.3, -0.25) is 4.79 Å². The number of halogens is 1. The Bertz CT molecular complexity index is 751. The first-order valence-electron chi connectivity index (χ1n) is 8.26. The number of carbonyl (C=O) groups is 2. The minimum atomic E-state index is -1.11. The van der Waals surface area contributed by atoms with Gasteiger partial charge in [0.1, 0.15) is 11.5 Å². The van der Waals surface area contributed by atoms with Gasteiger partial charge in [-0.15, -0.1) is 0 Å². The van der Waals surface area contributed by atoms with E-state index >= 15 is 0 Å². The van der Waals surface area contributed by atoms with Crippen molar-refractivity contribution in [3.05, 3.63) is 65.2 Å². The molecule has 1 aliphatic rings. The first-order valence-corrected chi connectivity index (χ1v) is 8.26. The van der Waals surface area contributed by atoms with Crippen LogP contribution in [-0.2, 0) is 6.42 Å². The second-order valence-corrected chi connectivity index (χ2v) is 6.30. The molecular weight excluding hydrogens is 323 g/mol. The van der Waals surface area contributed by atoms with Crippen molar-refractivity contribution in [3.8, 4) is 0 Å². The van der Waals surface area contributed by atoms with Crippen LogP contribution in [0.4, 0.5) is 4.39 Å². The van der Waals surface area contributed by atoms with Crippen LogP contribution in [-0.4, -0.2) is 40.0 Å². The number of carboxylic acid groups (broad SMARTS) is 1. The van der Waals surface area contributed by atoms with Gasteiger partial charge in [-0.1, -0.05) is 12.1 Å². The fraction of sp³-hybridized carbons (Fsp3) is 0.316. The predicted octanol–water partition coefficient (Wildman–Crippen LogP) is 3.01. The van der Waals surface area contributed by atoms with E-state index in [1.54, 1.807) is 4.90 Å². The molecule has 1 N–H and O–H groups in total. The average Bonchev–Trinajstić information content (AvgIpc) is 2.64. The van der Waals surface area contributed by atoms with Gasteiger partial charge in [-0.2, -0.15) is 0 Å². The highest BCUT2D eigenvalue weighted by Crippen LogP contribution is 2.23. The minimum Gasteiger partial charge on any atom is -0.477 e. The average molecular weight is 342 g/mol. The zero-order chi connectivity index (χ0) is 17.8. The van der Waals surface area contributed by atoms with Crippen molar-refractivity contribution in [1.29, 1.82) is 0 Å². The number of aromatic nitrogens is 1. The summed E-state index contributed by atoms with van der Waals surface area (Å²) in [6.45, 7) is 1.32. The molecule has 1 amide bonds. The molecule has 0 aliphatic carbocycles. The van der Waals surface area contributed by atoms with E-state index in [1.165, 1.54) is 30.5 Å². The fourth-order valence-electron chi connectivity index (χ4n) is 3.12. The maximum absolute atomic E-state index is 13.0. The zero-order valence-electron chi connectivity index (χ0n) is 13.7. The molecule has 1 aromatic carbocycles. The van der Waals surface area contributed by atoms with Crippen molar-refractivity contribution in [1.82, 2.24) is 9.88 Å². The number of rotatable bonds is 4. The van der Waals surface area contributed by atoms with Gasteiger partial charge in [0.25, 0.3) is 5.91 Å². The SMILES string of the molecule is O=C(O)c1ccc(C(=O)N2CCC(Cc3ccc(F)cc3)CC2)cn1. The van der Waals surface area contributed by atoms with E-state index in [0.29, 0.717) is 24.6 Å². The summed E-state index contributed by atoms with van der Waals surface area (Å²) in [6, 6.07) is 9.41. The van der Waals surface area contributed by atoms with Crippen LogP contribution in [0.2, 0.25) is 0 Å². The molecule has 0 saturated carbocycles. The number of hydrogen-bond donors (Lipinski definition) is 1. The molecule has 2 aromatic rings. The minimum absolute atomic E-state index is 0.0745. The molecule has 6 heteroatoms. The van der Waals surface area contributed by atoms with Crippen LogP contribution < -0.4 is 0 Å². The Balaban J connectivity index is 1.55. The van der Waals surface area contributed by atoms with Crippen molar-refractivity contribution < 1.29 is 19.1 Å². The molecule has 1 fully saturated rings. The highest BCUT2D eigenvalue weighted by molar-refractivity contribution is 5.95. The number of amides is 1. The van der Waals surface area contributed by atoms with E-state index in [4.69, 9.17) is 5.11 Å². The fourth-order valence-corrected chi connectivity index (χ4v) is 3.12. The number of carbonyl (C=O) groups excluding carboxylic acids is 1.